The predicted molar refractivity (Wildman–Crippen MR) is 80.7 cm³/mol. The molecule has 1 aromatic carbocycles. The van der Waals surface area contributed by atoms with Gasteiger partial charge >= 0.3 is 11.8 Å². The van der Waals surface area contributed by atoms with E-state index in [1.54, 1.807) is 0 Å². The summed E-state index contributed by atoms with van der Waals surface area (Å²) in [5.74, 6) is -1.00. The highest BCUT2D eigenvalue weighted by Crippen LogP contribution is 2.19. The van der Waals surface area contributed by atoms with Crippen LogP contribution in [0.25, 0.3) is 11.6 Å². The number of amides is 1. The number of rotatable bonds is 3. The number of aryl methyl sites for hydroxylation is 2. The Labute approximate surface area is 134 Å². The highest BCUT2D eigenvalue weighted by atomic mass is 35.5. The first-order valence-corrected chi connectivity index (χ1v) is 6.95. The second-order valence-corrected chi connectivity index (χ2v) is 5.21. The van der Waals surface area contributed by atoms with Crippen LogP contribution in [0.1, 0.15) is 22.1 Å². The van der Waals surface area contributed by atoms with Crippen LogP contribution in [0.5, 0.6) is 0 Å². The topological polar surface area (TPSA) is 96.7 Å². The van der Waals surface area contributed by atoms with Crippen LogP contribution in [-0.2, 0) is 0 Å². The summed E-state index contributed by atoms with van der Waals surface area (Å²) < 4.78 is 18.3. The van der Waals surface area contributed by atoms with Gasteiger partial charge in [0.25, 0.3) is 0 Å². The largest absolute Gasteiger partial charge is 0.339 e. The van der Waals surface area contributed by atoms with Crippen molar-refractivity contribution in [1.82, 2.24) is 20.1 Å². The summed E-state index contributed by atoms with van der Waals surface area (Å²) in [6.07, 6.45) is 0. The quantitative estimate of drug-likeness (QED) is 0.766. The van der Waals surface area contributed by atoms with Gasteiger partial charge in [-0.05, 0) is 32.0 Å². The Bertz CT molecular complexity index is 870. The Kier molecular flexibility index (Phi) is 3.83. The normalized spacial score (nSPS) is 10.8. The minimum Gasteiger partial charge on any atom is -0.339 e. The second-order valence-electron chi connectivity index (χ2n) is 4.80. The van der Waals surface area contributed by atoms with Crippen LogP contribution >= 0.6 is 11.6 Å². The summed E-state index contributed by atoms with van der Waals surface area (Å²) in [4.78, 5) is 23.2. The minimum absolute atomic E-state index is 0.0355. The Morgan fingerprint density at radius 3 is 2.78 bits per heavy atom. The third-order valence-electron chi connectivity index (χ3n) is 3.14. The lowest BCUT2D eigenvalue weighted by molar-refractivity contribution is 0.0981. The first-order chi connectivity index (χ1) is 10.9. The van der Waals surface area contributed by atoms with Crippen molar-refractivity contribution < 1.29 is 13.7 Å². The van der Waals surface area contributed by atoms with E-state index in [1.807, 2.05) is 13.8 Å². The van der Waals surface area contributed by atoms with E-state index in [0.717, 1.165) is 17.5 Å². The maximum absolute atomic E-state index is 13.4. The number of hydrogen-bond acceptors (Lipinski definition) is 5. The van der Waals surface area contributed by atoms with Gasteiger partial charge in [-0.15, -0.1) is 0 Å². The van der Waals surface area contributed by atoms with E-state index in [2.05, 4.69) is 25.4 Å². The van der Waals surface area contributed by atoms with Crippen molar-refractivity contribution in [3.63, 3.8) is 0 Å². The highest BCUT2D eigenvalue weighted by Gasteiger charge is 2.18. The molecule has 3 rings (SSSR count). The first kappa shape index (κ1) is 15.2. The van der Waals surface area contributed by atoms with E-state index in [1.165, 1.54) is 12.1 Å². The Morgan fingerprint density at radius 1 is 1.35 bits per heavy atom. The molecule has 0 aliphatic rings. The van der Waals surface area contributed by atoms with Crippen LogP contribution in [0, 0.1) is 19.7 Å². The summed E-state index contributed by atoms with van der Waals surface area (Å²) in [6.45, 7) is 3.69. The molecular weight excluding hydrogens is 325 g/mol. The molecule has 0 unspecified atom stereocenters. The number of hydrogen-bond donors (Lipinski definition) is 2. The summed E-state index contributed by atoms with van der Waals surface area (Å²) in [7, 11) is 0. The van der Waals surface area contributed by atoms with E-state index < -0.39 is 11.7 Å². The number of nitrogens with one attached hydrogen (secondary N) is 2. The van der Waals surface area contributed by atoms with Gasteiger partial charge in [0.15, 0.2) is 5.82 Å². The third kappa shape index (κ3) is 3.07. The standard InChI is InChI=1S/C14H11ClFN5O2/c1-6-7(2)18-11(17-6)12-20-14(23-21-12)13(22)19-8-3-4-9(15)10(16)5-8/h3-5H,1-2H3,(H,17,18)(H,19,22). The molecule has 0 aliphatic carbocycles. The van der Waals surface area contributed by atoms with Crippen molar-refractivity contribution in [3.05, 3.63) is 46.3 Å². The van der Waals surface area contributed by atoms with Crippen molar-refractivity contribution in [2.45, 2.75) is 13.8 Å². The first-order valence-electron chi connectivity index (χ1n) is 6.57. The molecule has 0 saturated heterocycles. The monoisotopic (exact) mass is 335 g/mol. The van der Waals surface area contributed by atoms with Crippen molar-refractivity contribution in [3.8, 4) is 11.6 Å². The number of benzene rings is 1. The number of aromatic nitrogens is 4. The van der Waals surface area contributed by atoms with E-state index >= 15 is 0 Å². The van der Waals surface area contributed by atoms with Gasteiger partial charge in [-0.25, -0.2) is 9.37 Å². The molecule has 0 saturated carbocycles. The molecule has 1 amide bonds. The average Bonchev–Trinajstić information content (AvgIpc) is 3.11. The van der Waals surface area contributed by atoms with Gasteiger partial charge in [0, 0.05) is 11.4 Å². The molecule has 0 fully saturated rings. The highest BCUT2D eigenvalue weighted by molar-refractivity contribution is 6.30. The van der Waals surface area contributed by atoms with Crippen LogP contribution in [0.3, 0.4) is 0 Å². The average molecular weight is 336 g/mol. The Morgan fingerprint density at radius 2 is 2.13 bits per heavy atom. The lowest BCUT2D eigenvalue weighted by Gasteiger charge is -2.02. The van der Waals surface area contributed by atoms with Crippen LogP contribution in [0.2, 0.25) is 5.02 Å². The molecular formula is C14H11ClFN5O2. The fraction of sp³-hybridized carbons (Fsp3) is 0.143. The third-order valence-corrected chi connectivity index (χ3v) is 3.44. The zero-order chi connectivity index (χ0) is 16.6. The van der Waals surface area contributed by atoms with Crippen LogP contribution < -0.4 is 5.32 Å². The number of nitrogens with zero attached hydrogens (tertiary/aromatic N) is 3. The van der Waals surface area contributed by atoms with E-state index in [0.29, 0.717) is 5.82 Å². The molecule has 0 radical (unpaired) electrons. The zero-order valence-corrected chi connectivity index (χ0v) is 12.9. The summed E-state index contributed by atoms with van der Waals surface area (Å²) >= 11 is 5.58. The maximum atomic E-state index is 13.4. The SMILES string of the molecule is Cc1nc(-c2noc(C(=O)Nc3ccc(Cl)c(F)c3)n2)[nH]c1C. The predicted octanol–water partition coefficient (Wildman–Crippen LogP) is 3.12. The van der Waals surface area contributed by atoms with Crippen molar-refractivity contribution in [2.75, 3.05) is 5.32 Å². The molecule has 0 atom stereocenters. The molecule has 0 aliphatic heterocycles. The van der Waals surface area contributed by atoms with E-state index in [-0.39, 0.29) is 22.4 Å². The number of carbonyl (C=O) groups excluding carboxylic acids is 1. The Balaban J connectivity index is 1.79. The number of aromatic amines is 1. The van der Waals surface area contributed by atoms with Gasteiger partial charge in [0.1, 0.15) is 5.82 Å². The van der Waals surface area contributed by atoms with Gasteiger partial charge in [-0.3, -0.25) is 4.79 Å². The fourth-order valence-electron chi connectivity index (χ4n) is 1.82. The summed E-state index contributed by atoms with van der Waals surface area (Å²) in [5.41, 5.74) is 1.89. The number of imidazole rings is 1. The minimum atomic E-state index is -0.662. The van der Waals surface area contributed by atoms with Gasteiger partial charge in [0.2, 0.25) is 5.82 Å². The Hall–Kier alpha value is -2.74. The molecule has 9 heteroatoms. The molecule has 0 spiro atoms. The van der Waals surface area contributed by atoms with Gasteiger partial charge in [-0.1, -0.05) is 16.8 Å². The lowest BCUT2D eigenvalue weighted by Crippen LogP contribution is -2.12. The summed E-state index contributed by atoms with van der Waals surface area (Å²) in [6, 6.07) is 3.89. The molecule has 2 heterocycles. The zero-order valence-electron chi connectivity index (χ0n) is 12.1. The van der Waals surface area contributed by atoms with Crippen molar-refractivity contribution in [1.29, 1.82) is 0 Å². The number of carbonyl (C=O) groups is 1. The summed E-state index contributed by atoms with van der Waals surface area (Å²) in [5, 5.41) is 6.11. The fourth-order valence-corrected chi connectivity index (χ4v) is 1.94. The molecule has 0 bridgehead atoms. The van der Waals surface area contributed by atoms with Crippen LogP contribution in [-0.4, -0.2) is 26.0 Å². The van der Waals surface area contributed by atoms with Gasteiger partial charge < -0.3 is 14.8 Å². The molecule has 7 nitrogen and oxygen atoms in total. The molecule has 2 N–H and O–H groups in total. The molecule has 3 aromatic rings. The molecule has 23 heavy (non-hydrogen) atoms. The van der Waals surface area contributed by atoms with E-state index in [4.69, 9.17) is 16.1 Å². The van der Waals surface area contributed by atoms with Crippen molar-refractivity contribution >= 4 is 23.2 Å². The molecule has 118 valence electrons. The smallest absolute Gasteiger partial charge is 0.316 e. The second kappa shape index (κ2) is 5.81. The number of H-pyrrole nitrogens is 1. The lowest BCUT2D eigenvalue weighted by atomic mass is 10.3. The van der Waals surface area contributed by atoms with Crippen molar-refractivity contribution in [2.24, 2.45) is 0 Å². The van der Waals surface area contributed by atoms with Crippen LogP contribution in [0.4, 0.5) is 10.1 Å². The molecule has 2 aromatic heterocycles. The number of halogens is 2. The van der Waals surface area contributed by atoms with E-state index in [9.17, 15) is 9.18 Å². The van der Waals surface area contributed by atoms with Gasteiger partial charge in [-0.2, -0.15) is 4.98 Å². The van der Waals surface area contributed by atoms with Gasteiger partial charge in [0.05, 0.1) is 10.7 Å². The van der Waals surface area contributed by atoms with Crippen LogP contribution in [0.15, 0.2) is 22.7 Å². The maximum Gasteiger partial charge on any atom is 0.316 e. The number of anilines is 1.